The van der Waals surface area contributed by atoms with E-state index in [-0.39, 0.29) is 30.9 Å². The van der Waals surface area contributed by atoms with Crippen molar-refractivity contribution < 1.29 is 18.0 Å². The van der Waals surface area contributed by atoms with Crippen molar-refractivity contribution in [2.24, 2.45) is 7.05 Å². The lowest BCUT2D eigenvalue weighted by Crippen LogP contribution is -2.17. The van der Waals surface area contributed by atoms with Gasteiger partial charge in [-0.2, -0.15) is 4.37 Å². The number of anilines is 1. The Morgan fingerprint density at radius 3 is 2.82 bits per heavy atom. The fourth-order valence-electron chi connectivity index (χ4n) is 3.65. The molecule has 28 heavy (non-hydrogen) atoms. The van der Waals surface area contributed by atoms with Gasteiger partial charge in [0.05, 0.1) is 18.3 Å². The fraction of sp³-hybridized carbons (Fsp3) is 0.278. The van der Waals surface area contributed by atoms with Crippen molar-refractivity contribution in [3.05, 3.63) is 62.9 Å². The molecule has 1 atom stereocenters. The van der Waals surface area contributed by atoms with E-state index >= 15 is 0 Å². The van der Waals surface area contributed by atoms with Gasteiger partial charge >= 0.3 is 0 Å². The van der Waals surface area contributed by atoms with Crippen LogP contribution in [0, 0.1) is 22.2 Å². The van der Waals surface area contributed by atoms with Crippen molar-refractivity contribution in [3.8, 4) is 0 Å². The van der Waals surface area contributed by atoms with Crippen LogP contribution in [0.1, 0.15) is 22.9 Å². The van der Waals surface area contributed by atoms with Crippen LogP contribution >= 0.6 is 23.8 Å². The second kappa shape index (κ2) is 7.17. The lowest BCUT2D eigenvalue weighted by Gasteiger charge is -2.13. The van der Waals surface area contributed by atoms with Crippen LogP contribution in [0.3, 0.4) is 0 Å². The van der Waals surface area contributed by atoms with Crippen molar-refractivity contribution in [2.75, 3.05) is 5.32 Å². The Bertz CT molecular complexity index is 1120. The Kier molecular flexibility index (Phi) is 4.84. The number of benzene rings is 1. The summed E-state index contributed by atoms with van der Waals surface area (Å²) >= 11 is 6.65. The Morgan fingerprint density at radius 2 is 2.11 bits per heavy atom. The van der Waals surface area contributed by atoms with Gasteiger partial charge < -0.3 is 14.5 Å². The molecule has 1 aromatic carbocycles. The summed E-state index contributed by atoms with van der Waals surface area (Å²) in [6, 6.07) is 1.70. The Balaban J connectivity index is 1.63. The largest absolute Gasteiger partial charge is 0.324 e. The molecule has 0 saturated heterocycles. The molecule has 1 aliphatic heterocycles. The number of amides is 1. The number of carbonyl (C=O) groups is 1. The highest BCUT2D eigenvalue weighted by Gasteiger charge is 2.33. The van der Waals surface area contributed by atoms with E-state index in [1.165, 1.54) is 11.5 Å². The van der Waals surface area contributed by atoms with Gasteiger partial charge in [-0.15, -0.1) is 0 Å². The number of imidazole rings is 1. The molecule has 1 unspecified atom stereocenters. The van der Waals surface area contributed by atoms with Crippen molar-refractivity contribution in [1.82, 2.24) is 13.5 Å². The second-order valence-corrected chi connectivity index (χ2v) is 7.66. The molecule has 3 heterocycles. The third kappa shape index (κ3) is 3.16. The summed E-state index contributed by atoms with van der Waals surface area (Å²) < 4.78 is 49.9. The van der Waals surface area contributed by atoms with Crippen molar-refractivity contribution in [3.63, 3.8) is 0 Å². The minimum atomic E-state index is -1.17. The minimum absolute atomic E-state index is 0.0547. The van der Waals surface area contributed by atoms with Gasteiger partial charge in [0.1, 0.15) is 5.82 Å². The van der Waals surface area contributed by atoms with Gasteiger partial charge in [0.25, 0.3) is 0 Å². The maximum Gasteiger partial charge on any atom is 0.230 e. The topological polar surface area (TPSA) is 51.9 Å². The second-order valence-electron chi connectivity index (χ2n) is 6.64. The van der Waals surface area contributed by atoms with Gasteiger partial charge in [-0.3, -0.25) is 4.79 Å². The monoisotopic (exact) mass is 424 g/mol. The van der Waals surface area contributed by atoms with E-state index < -0.39 is 23.4 Å². The lowest BCUT2D eigenvalue weighted by atomic mass is 9.95. The van der Waals surface area contributed by atoms with Crippen LogP contribution < -0.4 is 5.32 Å². The van der Waals surface area contributed by atoms with E-state index in [4.69, 9.17) is 12.2 Å². The Morgan fingerprint density at radius 1 is 1.36 bits per heavy atom. The summed E-state index contributed by atoms with van der Waals surface area (Å²) in [5.74, 6) is -3.87. The highest BCUT2D eigenvalue weighted by molar-refractivity contribution is 7.71. The first kappa shape index (κ1) is 18.9. The highest BCUT2D eigenvalue weighted by atomic mass is 32.1. The number of nitrogens with zero attached hydrogens (tertiary/aromatic N) is 3. The number of hydrogen-bond donors (Lipinski definition) is 1. The van der Waals surface area contributed by atoms with Crippen LogP contribution in [-0.2, 0) is 31.2 Å². The molecule has 0 spiro atoms. The minimum Gasteiger partial charge on any atom is -0.324 e. The van der Waals surface area contributed by atoms with E-state index in [1.807, 2.05) is 0 Å². The summed E-state index contributed by atoms with van der Waals surface area (Å²) in [5, 5.41) is 4.46. The molecule has 2 aromatic heterocycles. The van der Waals surface area contributed by atoms with Crippen LogP contribution in [0.15, 0.2) is 23.7 Å². The SMILES string of the molecule is Cn1c(CC(=O)Nc2cnsc2)c2n(c1=S)CC(c1c(F)ccc(F)c1F)C2. The van der Waals surface area contributed by atoms with E-state index in [0.29, 0.717) is 16.2 Å². The van der Waals surface area contributed by atoms with Crippen molar-refractivity contribution in [2.45, 2.75) is 25.3 Å². The van der Waals surface area contributed by atoms with Crippen molar-refractivity contribution >= 4 is 35.3 Å². The molecule has 4 rings (SSSR count). The van der Waals surface area contributed by atoms with Gasteiger partial charge in [-0.25, -0.2) is 13.2 Å². The smallest absolute Gasteiger partial charge is 0.230 e. The van der Waals surface area contributed by atoms with Crippen molar-refractivity contribution in [1.29, 1.82) is 0 Å². The van der Waals surface area contributed by atoms with Crippen LogP contribution in [0.4, 0.5) is 18.9 Å². The molecule has 0 radical (unpaired) electrons. The van der Waals surface area contributed by atoms with Crippen LogP contribution in [0.2, 0.25) is 0 Å². The number of fused-ring (bicyclic) bond motifs is 1. The standard InChI is InChI=1S/C18H15F3N4OS2/c1-24-13(5-15(26)23-10-6-22-28-8-10)14-4-9(7-25(14)18(24)27)16-11(19)2-3-12(20)17(16)21/h2-3,6,8-9H,4-5,7H2,1H3,(H,23,26). The maximum atomic E-state index is 14.2. The molecule has 146 valence electrons. The van der Waals surface area contributed by atoms with Gasteiger partial charge in [0.15, 0.2) is 16.4 Å². The average Bonchev–Trinajstić information content (AvgIpc) is 3.35. The zero-order valence-electron chi connectivity index (χ0n) is 14.7. The van der Waals surface area contributed by atoms with Gasteiger partial charge in [0.2, 0.25) is 5.91 Å². The number of carbonyl (C=O) groups excluding carboxylic acids is 1. The Labute approximate surface area is 167 Å². The van der Waals surface area contributed by atoms with E-state index in [1.54, 1.807) is 27.8 Å². The summed E-state index contributed by atoms with van der Waals surface area (Å²) in [6.07, 6.45) is 1.88. The molecular weight excluding hydrogens is 409 g/mol. The maximum absolute atomic E-state index is 14.2. The first-order chi connectivity index (χ1) is 13.4. The molecule has 5 nitrogen and oxygen atoms in total. The summed E-state index contributed by atoms with van der Waals surface area (Å²) in [4.78, 5) is 12.4. The number of nitrogens with one attached hydrogen (secondary N) is 1. The van der Waals surface area contributed by atoms with E-state index in [2.05, 4.69) is 9.69 Å². The predicted octanol–water partition coefficient (Wildman–Crippen LogP) is 3.95. The zero-order valence-corrected chi connectivity index (χ0v) is 16.3. The summed E-state index contributed by atoms with van der Waals surface area (Å²) in [6.45, 7) is 0.232. The summed E-state index contributed by atoms with van der Waals surface area (Å²) in [5.41, 5.74) is 1.74. The average molecular weight is 424 g/mol. The quantitative estimate of drug-likeness (QED) is 0.510. The number of halogens is 3. The molecule has 0 aliphatic carbocycles. The normalized spacial score (nSPS) is 15.6. The van der Waals surface area contributed by atoms with Crippen LogP contribution in [-0.4, -0.2) is 19.4 Å². The molecule has 0 saturated carbocycles. The van der Waals surface area contributed by atoms with E-state index in [0.717, 1.165) is 17.8 Å². The molecule has 1 aliphatic rings. The number of rotatable bonds is 4. The van der Waals surface area contributed by atoms with Gasteiger partial charge in [-0.05, 0) is 42.3 Å². The molecule has 0 fully saturated rings. The molecular formula is C18H15F3N4OS2. The first-order valence-corrected chi connectivity index (χ1v) is 9.71. The number of aromatic nitrogens is 3. The molecule has 0 bridgehead atoms. The fourth-order valence-corrected chi connectivity index (χ4v) is 4.41. The van der Waals surface area contributed by atoms with E-state index in [9.17, 15) is 18.0 Å². The first-order valence-electron chi connectivity index (χ1n) is 8.46. The molecule has 1 N–H and O–H groups in total. The van der Waals surface area contributed by atoms with Crippen LogP contribution in [0.25, 0.3) is 0 Å². The third-order valence-electron chi connectivity index (χ3n) is 4.96. The van der Waals surface area contributed by atoms with Gasteiger partial charge in [-0.1, -0.05) is 0 Å². The zero-order chi connectivity index (χ0) is 20.0. The molecule has 3 aromatic rings. The molecule has 10 heteroatoms. The number of hydrogen-bond acceptors (Lipinski definition) is 4. The van der Waals surface area contributed by atoms with Gasteiger partial charge in [0, 0.05) is 41.8 Å². The molecule has 1 amide bonds. The lowest BCUT2D eigenvalue weighted by molar-refractivity contribution is -0.115. The Hall–Kier alpha value is -2.46. The third-order valence-corrected chi connectivity index (χ3v) is 6.04. The predicted molar refractivity (Wildman–Crippen MR) is 101 cm³/mol. The van der Waals surface area contributed by atoms with Crippen LogP contribution in [0.5, 0.6) is 0 Å². The highest BCUT2D eigenvalue weighted by Crippen LogP contribution is 2.36. The summed E-state index contributed by atoms with van der Waals surface area (Å²) in [7, 11) is 1.75.